The van der Waals surface area contributed by atoms with Crippen LogP contribution in [0.15, 0.2) is 41.6 Å². The summed E-state index contributed by atoms with van der Waals surface area (Å²) < 4.78 is 23.9. The van der Waals surface area contributed by atoms with Gasteiger partial charge >= 0.3 is 0 Å². The van der Waals surface area contributed by atoms with Crippen LogP contribution in [-0.4, -0.2) is 24.1 Å². The Bertz CT molecular complexity index is 649. The van der Waals surface area contributed by atoms with Crippen molar-refractivity contribution in [2.75, 3.05) is 11.1 Å². The zero-order chi connectivity index (χ0) is 15.3. The summed E-state index contributed by atoms with van der Waals surface area (Å²) >= 11 is 0. The molecule has 21 heavy (non-hydrogen) atoms. The fourth-order valence-electron chi connectivity index (χ4n) is 2.18. The Morgan fingerprint density at radius 2 is 1.95 bits per heavy atom. The lowest BCUT2D eigenvalue weighted by Gasteiger charge is -2.16. The largest absolute Gasteiger partial charge is 0.375 e. The highest BCUT2D eigenvalue weighted by Crippen LogP contribution is 2.21. The minimum Gasteiger partial charge on any atom is -0.375 e. The fourth-order valence-corrected chi connectivity index (χ4v) is 3.50. The van der Waals surface area contributed by atoms with Crippen molar-refractivity contribution in [1.82, 2.24) is 9.97 Å². The van der Waals surface area contributed by atoms with E-state index in [-0.39, 0.29) is 11.8 Å². The van der Waals surface area contributed by atoms with Crippen LogP contribution in [0, 0.1) is 0 Å². The third-order valence-corrected chi connectivity index (χ3v) is 5.22. The topological polar surface area (TPSA) is 74.8 Å². The van der Waals surface area contributed by atoms with Gasteiger partial charge in [-0.05, 0) is 37.1 Å². The molecule has 114 valence electrons. The van der Waals surface area contributed by atoms with Gasteiger partial charge in [-0.2, -0.15) is 0 Å². The number of aromatic nitrogens is 2. The highest BCUT2D eigenvalue weighted by Gasteiger charge is 2.14. The lowest BCUT2D eigenvalue weighted by molar-refractivity contribution is 0.594. The molecule has 2 aromatic rings. The normalized spacial score (nSPS) is 13.0. The zero-order valence-electron chi connectivity index (χ0n) is 12.3. The summed E-state index contributed by atoms with van der Waals surface area (Å²) in [6.07, 6.45) is 5.02. The molecule has 2 rings (SSSR count). The summed E-state index contributed by atoms with van der Waals surface area (Å²) in [4.78, 5) is 7.72. The van der Waals surface area contributed by atoms with Crippen LogP contribution in [0.5, 0.6) is 0 Å². The monoisotopic (exact) mass is 307 g/mol. The smallest absolute Gasteiger partial charge is 0.178 e. The minimum atomic E-state index is -3.15. The second-order valence-corrected chi connectivity index (χ2v) is 7.03. The molecule has 1 heterocycles. The Balaban J connectivity index is 2.12. The Hall–Kier alpha value is -1.82. The minimum absolute atomic E-state index is 0.0816. The van der Waals surface area contributed by atoms with Gasteiger partial charge in [-0.1, -0.05) is 13.8 Å². The first-order valence-electron chi connectivity index (χ1n) is 7.15. The third kappa shape index (κ3) is 3.85. The van der Waals surface area contributed by atoms with E-state index >= 15 is 0 Å². The van der Waals surface area contributed by atoms with Crippen LogP contribution in [0.1, 0.15) is 38.6 Å². The molecular formula is C15H21N3O2S. The third-order valence-electron chi connectivity index (χ3n) is 3.28. The molecule has 0 aliphatic rings. The van der Waals surface area contributed by atoms with Crippen molar-refractivity contribution in [3.8, 4) is 0 Å². The van der Waals surface area contributed by atoms with E-state index < -0.39 is 9.84 Å². The van der Waals surface area contributed by atoms with Gasteiger partial charge in [-0.25, -0.2) is 13.4 Å². The van der Waals surface area contributed by atoms with Crippen molar-refractivity contribution in [3.05, 3.63) is 42.5 Å². The van der Waals surface area contributed by atoms with Crippen LogP contribution in [0.3, 0.4) is 0 Å². The number of hydrogen-bond acceptors (Lipinski definition) is 4. The van der Waals surface area contributed by atoms with E-state index in [2.05, 4.69) is 22.2 Å². The summed E-state index contributed by atoms with van der Waals surface area (Å²) in [5.41, 5.74) is 0.883. The average molecular weight is 307 g/mol. The highest BCUT2D eigenvalue weighted by atomic mass is 32.2. The van der Waals surface area contributed by atoms with E-state index in [4.69, 9.17) is 0 Å². The predicted octanol–water partition coefficient (Wildman–Crippen LogP) is 3.16. The molecule has 1 unspecified atom stereocenters. The second-order valence-electron chi connectivity index (χ2n) is 4.92. The van der Waals surface area contributed by atoms with Crippen molar-refractivity contribution >= 4 is 15.5 Å². The second kappa shape index (κ2) is 6.76. The Morgan fingerprint density at radius 3 is 2.48 bits per heavy atom. The molecule has 6 heteroatoms. The first-order chi connectivity index (χ1) is 10.1. The molecule has 1 atom stereocenters. The number of anilines is 1. The number of rotatable bonds is 7. The number of benzene rings is 1. The van der Waals surface area contributed by atoms with Crippen molar-refractivity contribution in [3.63, 3.8) is 0 Å². The molecule has 2 N–H and O–H groups in total. The van der Waals surface area contributed by atoms with Gasteiger partial charge in [0.1, 0.15) is 5.82 Å². The number of sulfone groups is 1. The van der Waals surface area contributed by atoms with Crippen LogP contribution in [0.25, 0.3) is 0 Å². The standard InChI is InChI=1S/C15H21N3O2S/c1-3-11-21(19,20)13-7-5-12(6-8-13)18-14(4-2)15-16-9-10-17-15/h5-10,14,18H,3-4,11H2,1-2H3,(H,16,17). The van der Waals surface area contributed by atoms with E-state index in [0.717, 1.165) is 17.9 Å². The SMILES string of the molecule is CCCS(=O)(=O)c1ccc(NC(CC)c2ncc[nH]2)cc1. The van der Waals surface area contributed by atoms with E-state index in [1.165, 1.54) is 0 Å². The summed E-state index contributed by atoms with van der Waals surface area (Å²) in [6, 6.07) is 6.99. The lowest BCUT2D eigenvalue weighted by atomic mass is 10.2. The van der Waals surface area contributed by atoms with Gasteiger partial charge in [0.15, 0.2) is 9.84 Å². The quantitative estimate of drug-likeness (QED) is 0.824. The molecule has 0 fully saturated rings. The van der Waals surface area contributed by atoms with Crippen LogP contribution in [-0.2, 0) is 9.84 Å². The Morgan fingerprint density at radius 1 is 1.24 bits per heavy atom. The lowest BCUT2D eigenvalue weighted by Crippen LogP contribution is -2.11. The molecular weight excluding hydrogens is 286 g/mol. The van der Waals surface area contributed by atoms with Crippen molar-refractivity contribution in [2.45, 2.75) is 37.6 Å². The highest BCUT2D eigenvalue weighted by molar-refractivity contribution is 7.91. The van der Waals surface area contributed by atoms with E-state index in [1.807, 2.05) is 6.92 Å². The van der Waals surface area contributed by atoms with Gasteiger partial charge in [-0.15, -0.1) is 0 Å². The summed E-state index contributed by atoms with van der Waals surface area (Å²) in [7, 11) is -3.15. The van der Waals surface area contributed by atoms with Crippen molar-refractivity contribution in [2.24, 2.45) is 0 Å². The fraction of sp³-hybridized carbons (Fsp3) is 0.400. The summed E-state index contributed by atoms with van der Waals surface area (Å²) in [5, 5.41) is 3.35. The van der Waals surface area contributed by atoms with E-state index in [9.17, 15) is 8.42 Å². The number of nitrogens with zero attached hydrogens (tertiary/aromatic N) is 1. The van der Waals surface area contributed by atoms with Crippen LogP contribution >= 0.6 is 0 Å². The molecule has 0 aliphatic heterocycles. The number of H-pyrrole nitrogens is 1. The van der Waals surface area contributed by atoms with Gasteiger partial charge in [0.25, 0.3) is 0 Å². The Labute approximate surface area is 125 Å². The van der Waals surface area contributed by atoms with Crippen molar-refractivity contribution in [1.29, 1.82) is 0 Å². The molecule has 0 amide bonds. The summed E-state index contributed by atoms with van der Waals surface area (Å²) in [6.45, 7) is 3.93. The number of nitrogens with one attached hydrogen (secondary N) is 2. The van der Waals surface area contributed by atoms with Gasteiger partial charge in [0.05, 0.1) is 16.7 Å². The van der Waals surface area contributed by atoms with Gasteiger partial charge in [0.2, 0.25) is 0 Å². The van der Waals surface area contributed by atoms with E-state index in [1.54, 1.807) is 36.7 Å². The number of aromatic amines is 1. The maximum absolute atomic E-state index is 12.0. The molecule has 0 bridgehead atoms. The molecule has 0 spiro atoms. The molecule has 0 radical (unpaired) electrons. The first kappa shape index (κ1) is 15.6. The number of imidazole rings is 1. The summed E-state index contributed by atoms with van der Waals surface area (Å²) in [5.74, 6) is 1.06. The predicted molar refractivity (Wildman–Crippen MR) is 84.0 cm³/mol. The first-order valence-corrected chi connectivity index (χ1v) is 8.80. The van der Waals surface area contributed by atoms with Crippen LogP contribution in [0.4, 0.5) is 5.69 Å². The van der Waals surface area contributed by atoms with Gasteiger partial charge in [0, 0.05) is 18.1 Å². The molecule has 0 saturated carbocycles. The molecule has 0 saturated heterocycles. The molecule has 5 nitrogen and oxygen atoms in total. The Kier molecular flexibility index (Phi) is 5.01. The average Bonchev–Trinajstić information content (AvgIpc) is 2.99. The maximum Gasteiger partial charge on any atom is 0.178 e. The van der Waals surface area contributed by atoms with Crippen LogP contribution < -0.4 is 5.32 Å². The van der Waals surface area contributed by atoms with E-state index in [0.29, 0.717) is 11.3 Å². The van der Waals surface area contributed by atoms with Gasteiger partial charge in [-0.3, -0.25) is 0 Å². The zero-order valence-corrected chi connectivity index (χ0v) is 13.2. The molecule has 0 aliphatic carbocycles. The molecule has 1 aromatic heterocycles. The van der Waals surface area contributed by atoms with Crippen molar-refractivity contribution < 1.29 is 8.42 Å². The number of hydrogen-bond donors (Lipinski definition) is 2. The van der Waals surface area contributed by atoms with Gasteiger partial charge < -0.3 is 10.3 Å². The maximum atomic E-state index is 12.0. The molecule has 1 aromatic carbocycles. The van der Waals surface area contributed by atoms with Crippen LogP contribution in [0.2, 0.25) is 0 Å².